The summed E-state index contributed by atoms with van der Waals surface area (Å²) in [6.07, 6.45) is 2.44. The fraction of sp³-hybridized carbons (Fsp3) is 0.600. The van der Waals surface area contributed by atoms with Gasteiger partial charge in [0, 0.05) is 12.6 Å². The average molecular weight is 210 g/mol. The summed E-state index contributed by atoms with van der Waals surface area (Å²) in [6, 6.07) is 0.239. The van der Waals surface area contributed by atoms with Crippen LogP contribution in [-0.4, -0.2) is 29.7 Å². The van der Waals surface area contributed by atoms with Gasteiger partial charge in [0.15, 0.2) is 0 Å². The second kappa shape index (κ2) is 5.50. The zero-order chi connectivity index (χ0) is 11.3. The summed E-state index contributed by atoms with van der Waals surface area (Å²) in [7, 11) is 1.60. The van der Waals surface area contributed by atoms with Gasteiger partial charge in [-0.2, -0.15) is 0 Å². The van der Waals surface area contributed by atoms with Gasteiger partial charge in [0.05, 0.1) is 12.7 Å². The molecule has 1 aromatic rings. The molecule has 1 atom stereocenters. The molecule has 0 amide bonds. The summed E-state index contributed by atoms with van der Waals surface area (Å²) in [6.45, 7) is 4.59. The van der Waals surface area contributed by atoms with Gasteiger partial charge in [0.1, 0.15) is 12.1 Å². The van der Waals surface area contributed by atoms with Crippen molar-refractivity contribution in [2.24, 2.45) is 5.73 Å². The molecule has 0 aliphatic heterocycles. The van der Waals surface area contributed by atoms with E-state index in [0.717, 1.165) is 17.8 Å². The molecular formula is C10H18N4O. The Bertz CT molecular complexity index is 312. The number of methoxy groups -OCH3 is 1. The van der Waals surface area contributed by atoms with E-state index in [9.17, 15) is 0 Å². The second-order valence-corrected chi connectivity index (χ2v) is 3.34. The Balaban J connectivity index is 2.85. The highest BCUT2D eigenvalue weighted by molar-refractivity contribution is 5.48. The number of anilines is 1. The molecule has 0 saturated carbocycles. The zero-order valence-electron chi connectivity index (χ0n) is 9.45. The lowest BCUT2D eigenvalue weighted by Gasteiger charge is -2.17. The van der Waals surface area contributed by atoms with Crippen molar-refractivity contribution < 1.29 is 4.74 Å². The maximum absolute atomic E-state index is 5.61. The number of hydrogen-bond donors (Lipinski definition) is 2. The van der Waals surface area contributed by atoms with Crippen molar-refractivity contribution in [1.82, 2.24) is 9.97 Å². The maximum Gasteiger partial charge on any atom is 0.221 e. The smallest absolute Gasteiger partial charge is 0.221 e. The lowest BCUT2D eigenvalue weighted by molar-refractivity contribution is 0.393. The Kier molecular flexibility index (Phi) is 4.30. The molecule has 1 aromatic heterocycles. The van der Waals surface area contributed by atoms with Gasteiger partial charge in [-0.1, -0.05) is 6.92 Å². The van der Waals surface area contributed by atoms with E-state index < -0.39 is 0 Å². The minimum absolute atomic E-state index is 0.239. The van der Waals surface area contributed by atoms with Crippen LogP contribution in [-0.2, 0) is 0 Å². The lowest BCUT2D eigenvalue weighted by Crippen LogP contribution is -2.28. The monoisotopic (exact) mass is 210 g/mol. The van der Waals surface area contributed by atoms with Gasteiger partial charge in [0.25, 0.3) is 0 Å². The number of nitrogens with zero attached hydrogens (tertiary/aromatic N) is 2. The van der Waals surface area contributed by atoms with E-state index in [2.05, 4.69) is 22.2 Å². The summed E-state index contributed by atoms with van der Waals surface area (Å²) in [5, 5.41) is 3.27. The quantitative estimate of drug-likeness (QED) is 0.756. The molecule has 5 heteroatoms. The molecule has 1 unspecified atom stereocenters. The predicted octanol–water partition coefficient (Wildman–Crippen LogP) is 0.943. The number of aromatic nitrogens is 2. The van der Waals surface area contributed by atoms with E-state index in [0.29, 0.717) is 12.4 Å². The Labute approximate surface area is 90.1 Å². The minimum Gasteiger partial charge on any atom is -0.481 e. The van der Waals surface area contributed by atoms with Crippen LogP contribution in [0.3, 0.4) is 0 Å². The first kappa shape index (κ1) is 11.7. The fourth-order valence-electron chi connectivity index (χ4n) is 1.31. The van der Waals surface area contributed by atoms with Gasteiger partial charge in [-0.25, -0.2) is 9.97 Å². The number of hydrogen-bond acceptors (Lipinski definition) is 5. The Morgan fingerprint density at radius 2 is 2.27 bits per heavy atom. The van der Waals surface area contributed by atoms with E-state index in [1.54, 1.807) is 7.11 Å². The third-order valence-corrected chi connectivity index (χ3v) is 2.35. The largest absolute Gasteiger partial charge is 0.481 e. The van der Waals surface area contributed by atoms with Gasteiger partial charge in [-0.05, 0) is 13.3 Å². The molecule has 0 spiro atoms. The van der Waals surface area contributed by atoms with Crippen molar-refractivity contribution in [2.45, 2.75) is 26.3 Å². The first-order chi connectivity index (χ1) is 7.22. The van der Waals surface area contributed by atoms with Crippen LogP contribution in [0.1, 0.15) is 18.9 Å². The fourth-order valence-corrected chi connectivity index (χ4v) is 1.31. The molecule has 0 bridgehead atoms. The summed E-state index contributed by atoms with van der Waals surface area (Å²) >= 11 is 0. The maximum atomic E-state index is 5.61. The molecule has 5 nitrogen and oxygen atoms in total. The van der Waals surface area contributed by atoms with Crippen LogP contribution in [0.4, 0.5) is 5.82 Å². The minimum atomic E-state index is 0.239. The summed E-state index contributed by atoms with van der Waals surface area (Å²) in [5.41, 5.74) is 6.52. The van der Waals surface area contributed by atoms with Crippen LogP contribution in [0.25, 0.3) is 0 Å². The van der Waals surface area contributed by atoms with E-state index in [-0.39, 0.29) is 6.04 Å². The van der Waals surface area contributed by atoms with Gasteiger partial charge in [-0.15, -0.1) is 0 Å². The Morgan fingerprint density at radius 3 is 2.80 bits per heavy atom. The molecule has 0 aliphatic carbocycles. The SMILES string of the molecule is CCC(CN)Nc1ncnc(OC)c1C. The van der Waals surface area contributed by atoms with Gasteiger partial charge in [0.2, 0.25) is 5.88 Å². The van der Waals surface area contributed by atoms with Gasteiger partial charge < -0.3 is 15.8 Å². The first-order valence-corrected chi connectivity index (χ1v) is 5.05. The molecule has 84 valence electrons. The van der Waals surface area contributed by atoms with Crippen LogP contribution in [0.5, 0.6) is 5.88 Å². The van der Waals surface area contributed by atoms with Crippen LogP contribution in [0.15, 0.2) is 6.33 Å². The van der Waals surface area contributed by atoms with Crippen molar-refractivity contribution in [3.63, 3.8) is 0 Å². The van der Waals surface area contributed by atoms with Crippen molar-refractivity contribution >= 4 is 5.82 Å². The molecule has 0 saturated heterocycles. The molecule has 15 heavy (non-hydrogen) atoms. The summed E-state index contributed by atoms with van der Waals surface area (Å²) < 4.78 is 5.11. The molecule has 3 N–H and O–H groups in total. The predicted molar refractivity (Wildman–Crippen MR) is 60.1 cm³/mol. The van der Waals surface area contributed by atoms with Crippen LogP contribution >= 0.6 is 0 Å². The van der Waals surface area contributed by atoms with E-state index in [1.807, 2.05) is 6.92 Å². The summed E-state index contributed by atoms with van der Waals surface area (Å²) in [5.74, 6) is 1.39. The second-order valence-electron chi connectivity index (χ2n) is 3.34. The van der Waals surface area contributed by atoms with Gasteiger partial charge in [-0.3, -0.25) is 0 Å². The number of ether oxygens (including phenoxy) is 1. The van der Waals surface area contributed by atoms with E-state index in [1.165, 1.54) is 6.33 Å². The molecule has 1 heterocycles. The molecule has 0 aliphatic rings. The first-order valence-electron chi connectivity index (χ1n) is 5.05. The third-order valence-electron chi connectivity index (χ3n) is 2.35. The number of nitrogens with two attached hydrogens (primary N) is 1. The molecule has 0 aromatic carbocycles. The van der Waals surface area contributed by atoms with Crippen LogP contribution in [0, 0.1) is 6.92 Å². The average Bonchev–Trinajstić information content (AvgIpc) is 2.28. The van der Waals surface area contributed by atoms with Crippen LogP contribution in [0.2, 0.25) is 0 Å². The highest BCUT2D eigenvalue weighted by Crippen LogP contribution is 2.20. The molecule has 1 rings (SSSR count). The zero-order valence-corrected chi connectivity index (χ0v) is 9.45. The summed E-state index contributed by atoms with van der Waals surface area (Å²) in [4.78, 5) is 8.18. The Morgan fingerprint density at radius 1 is 1.53 bits per heavy atom. The third kappa shape index (κ3) is 2.79. The standard InChI is InChI=1S/C10H18N4O/c1-4-8(5-11)14-9-7(2)10(15-3)13-6-12-9/h6,8H,4-5,11H2,1-3H3,(H,12,13,14). The number of nitrogens with one attached hydrogen (secondary N) is 1. The molecule has 0 radical (unpaired) electrons. The number of rotatable bonds is 5. The van der Waals surface area contributed by atoms with Crippen molar-refractivity contribution in [2.75, 3.05) is 19.0 Å². The van der Waals surface area contributed by atoms with Crippen molar-refractivity contribution in [1.29, 1.82) is 0 Å². The molecular weight excluding hydrogens is 192 g/mol. The van der Waals surface area contributed by atoms with E-state index in [4.69, 9.17) is 10.5 Å². The molecule has 0 fully saturated rings. The lowest BCUT2D eigenvalue weighted by atomic mass is 10.2. The van der Waals surface area contributed by atoms with Crippen LogP contribution < -0.4 is 15.8 Å². The highest BCUT2D eigenvalue weighted by Gasteiger charge is 2.10. The van der Waals surface area contributed by atoms with Crippen molar-refractivity contribution in [3.8, 4) is 5.88 Å². The van der Waals surface area contributed by atoms with Gasteiger partial charge >= 0.3 is 0 Å². The Hall–Kier alpha value is -1.36. The topological polar surface area (TPSA) is 73.1 Å². The van der Waals surface area contributed by atoms with E-state index >= 15 is 0 Å². The normalized spacial score (nSPS) is 12.3. The highest BCUT2D eigenvalue weighted by atomic mass is 16.5. The van der Waals surface area contributed by atoms with Crippen molar-refractivity contribution in [3.05, 3.63) is 11.9 Å².